The van der Waals surface area contributed by atoms with Crippen LogP contribution in [0.15, 0.2) is 36.4 Å². The van der Waals surface area contributed by atoms with Crippen molar-refractivity contribution < 1.29 is 0 Å². The number of rotatable bonds is 4. The Balaban J connectivity index is 1.56. The average molecular weight is 429 g/mol. The predicted octanol–water partition coefficient (Wildman–Crippen LogP) is 9.65. The van der Waals surface area contributed by atoms with Crippen LogP contribution in [-0.2, 0) is 5.41 Å². The lowest BCUT2D eigenvalue weighted by Crippen LogP contribution is -2.31. The van der Waals surface area contributed by atoms with Gasteiger partial charge < -0.3 is 0 Å². The lowest BCUT2D eigenvalue weighted by Gasteiger charge is -2.40. The molecule has 3 fully saturated rings. The van der Waals surface area contributed by atoms with E-state index in [-0.39, 0.29) is 5.41 Å². The summed E-state index contributed by atoms with van der Waals surface area (Å²) < 4.78 is 0. The second-order valence-electron chi connectivity index (χ2n) is 11.5. The molecule has 0 heteroatoms. The van der Waals surface area contributed by atoms with Crippen LogP contribution in [0.3, 0.4) is 0 Å². The predicted molar refractivity (Wildman–Crippen MR) is 138 cm³/mol. The Bertz CT molecular complexity index is 832. The molecule has 0 unspecified atom stereocenters. The highest BCUT2D eigenvalue weighted by atomic mass is 14.4. The summed E-state index contributed by atoms with van der Waals surface area (Å²) in [7, 11) is 0. The first-order valence-electron chi connectivity index (χ1n) is 13.9. The fourth-order valence-corrected chi connectivity index (χ4v) is 7.48. The molecule has 3 aliphatic carbocycles. The van der Waals surface area contributed by atoms with E-state index in [9.17, 15) is 0 Å². The average Bonchev–Trinajstić information content (AvgIpc) is 2.86. The summed E-state index contributed by atoms with van der Waals surface area (Å²) in [5.74, 6) is 1.58. The molecular formula is C32H44. The summed E-state index contributed by atoms with van der Waals surface area (Å²) in [5.41, 5.74) is 9.88. The summed E-state index contributed by atoms with van der Waals surface area (Å²) in [6.45, 7) is 4.71. The van der Waals surface area contributed by atoms with Gasteiger partial charge in [-0.25, -0.2) is 0 Å². The molecule has 0 nitrogen and oxygen atoms in total. The Hall–Kier alpha value is -1.56. The third-order valence-corrected chi connectivity index (χ3v) is 9.46. The standard InChI is InChI=1S/C32H44/c1-24-16-18-28(22-30(24)26-12-6-3-7-13-26)32(20-10-5-11-21-32)29-19-17-25(2)31(23-29)27-14-8-4-9-15-27/h16-19,22-23,26-27H,3-15,20-21H2,1-2H3. The SMILES string of the molecule is Cc1ccc(C2(c3ccc(C)c(C4CCCCC4)c3)CCCCC2)cc1C1CCCCC1. The maximum atomic E-state index is 2.68. The molecule has 3 saturated carbocycles. The maximum Gasteiger partial charge on any atom is 0.0203 e. The van der Waals surface area contributed by atoms with Crippen molar-refractivity contribution in [1.82, 2.24) is 0 Å². The smallest absolute Gasteiger partial charge is 0.0203 e. The second-order valence-corrected chi connectivity index (χ2v) is 11.5. The van der Waals surface area contributed by atoms with Crippen LogP contribution in [0.5, 0.6) is 0 Å². The molecule has 0 atom stereocenters. The highest BCUT2D eigenvalue weighted by Gasteiger charge is 2.37. The van der Waals surface area contributed by atoms with Crippen molar-refractivity contribution in [3.63, 3.8) is 0 Å². The number of hydrogen-bond donors (Lipinski definition) is 0. The summed E-state index contributed by atoms with van der Waals surface area (Å²) in [6, 6.07) is 15.3. The van der Waals surface area contributed by atoms with E-state index in [0.29, 0.717) is 0 Å². The van der Waals surface area contributed by atoms with E-state index >= 15 is 0 Å². The molecule has 0 saturated heterocycles. The van der Waals surface area contributed by atoms with Crippen LogP contribution in [0.25, 0.3) is 0 Å². The molecule has 172 valence electrons. The molecule has 32 heavy (non-hydrogen) atoms. The fourth-order valence-electron chi connectivity index (χ4n) is 7.48. The van der Waals surface area contributed by atoms with Crippen molar-refractivity contribution in [2.75, 3.05) is 0 Å². The highest BCUT2D eigenvalue weighted by molar-refractivity contribution is 5.47. The minimum Gasteiger partial charge on any atom is -0.0587 e. The van der Waals surface area contributed by atoms with E-state index in [2.05, 4.69) is 50.2 Å². The fraction of sp³-hybridized carbons (Fsp3) is 0.625. The van der Waals surface area contributed by atoms with Gasteiger partial charge in [0.05, 0.1) is 0 Å². The van der Waals surface area contributed by atoms with Crippen molar-refractivity contribution in [2.24, 2.45) is 0 Å². The molecule has 5 rings (SSSR count). The summed E-state index contributed by atoms with van der Waals surface area (Å²) in [5, 5.41) is 0. The van der Waals surface area contributed by atoms with Gasteiger partial charge in [0.2, 0.25) is 0 Å². The molecule has 0 spiro atoms. The van der Waals surface area contributed by atoms with Crippen LogP contribution in [0, 0.1) is 13.8 Å². The maximum absolute atomic E-state index is 2.68. The van der Waals surface area contributed by atoms with E-state index in [0.717, 1.165) is 11.8 Å². The van der Waals surface area contributed by atoms with E-state index < -0.39 is 0 Å². The first-order valence-corrected chi connectivity index (χ1v) is 13.9. The van der Waals surface area contributed by atoms with Crippen LogP contribution >= 0.6 is 0 Å². The molecule has 0 amide bonds. The number of aryl methyl sites for hydroxylation is 2. The Labute approximate surface area is 197 Å². The molecule has 0 radical (unpaired) electrons. The van der Waals surface area contributed by atoms with Gasteiger partial charge in [0.25, 0.3) is 0 Å². The third kappa shape index (κ3) is 4.32. The highest BCUT2D eigenvalue weighted by Crippen LogP contribution is 2.48. The summed E-state index contributed by atoms with van der Waals surface area (Å²) >= 11 is 0. The lowest BCUT2D eigenvalue weighted by molar-refractivity contribution is 0.344. The van der Waals surface area contributed by atoms with Gasteiger partial charge in [0.15, 0.2) is 0 Å². The molecule has 0 heterocycles. The molecule has 0 aromatic heterocycles. The van der Waals surface area contributed by atoms with Crippen molar-refractivity contribution in [2.45, 2.75) is 127 Å². The van der Waals surface area contributed by atoms with Gasteiger partial charge in [0.1, 0.15) is 0 Å². The van der Waals surface area contributed by atoms with Crippen LogP contribution in [-0.4, -0.2) is 0 Å². The Morgan fingerprint density at radius 3 is 1.38 bits per heavy atom. The van der Waals surface area contributed by atoms with Crippen molar-refractivity contribution >= 4 is 0 Å². The topological polar surface area (TPSA) is 0 Å². The Morgan fingerprint density at radius 2 is 0.938 bits per heavy atom. The quantitative estimate of drug-likeness (QED) is 0.454. The molecule has 0 aliphatic heterocycles. The van der Waals surface area contributed by atoms with E-state index in [1.54, 1.807) is 22.3 Å². The van der Waals surface area contributed by atoms with Crippen molar-refractivity contribution in [3.05, 3.63) is 69.8 Å². The summed E-state index contributed by atoms with van der Waals surface area (Å²) in [6.07, 6.45) is 20.9. The van der Waals surface area contributed by atoms with Gasteiger partial charge in [-0.15, -0.1) is 0 Å². The van der Waals surface area contributed by atoms with Gasteiger partial charge in [-0.3, -0.25) is 0 Å². The molecule has 2 aromatic carbocycles. The monoisotopic (exact) mass is 428 g/mol. The molecule has 0 N–H and O–H groups in total. The first kappa shape index (κ1) is 22.2. The zero-order valence-corrected chi connectivity index (χ0v) is 20.7. The van der Waals surface area contributed by atoms with Gasteiger partial charge in [-0.2, -0.15) is 0 Å². The van der Waals surface area contributed by atoms with E-state index in [1.165, 1.54) is 107 Å². The van der Waals surface area contributed by atoms with Crippen LogP contribution in [0.1, 0.15) is 142 Å². The summed E-state index contributed by atoms with van der Waals surface area (Å²) in [4.78, 5) is 0. The van der Waals surface area contributed by atoms with E-state index in [1.807, 2.05) is 0 Å². The van der Waals surface area contributed by atoms with Crippen molar-refractivity contribution in [1.29, 1.82) is 0 Å². The number of hydrogen-bond acceptors (Lipinski definition) is 0. The van der Waals surface area contributed by atoms with Gasteiger partial charge in [-0.05, 0) is 97.6 Å². The molecule has 0 bridgehead atoms. The largest absolute Gasteiger partial charge is 0.0587 e. The van der Waals surface area contributed by atoms with E-state index in [4.69, 9.17) is 0 Å². The Kier molecular flexibility index (Phi) is 6.77. The minimum absolute atomic E-state index is 0.229. The molecular weight excluding hydrogens is 384 g/mol. The normalized spacial score (nSPS) is 22.7. The number of benzene rings is 2. The van der Waals surface area contributed by atoms with Crippen LogP contribution in [0.4, 0.5) is 0 Å². The second kappa shape index (κ2) is 9.74. The van der Waals surface area contributed by atoms with Gasteiger partial charge in [0, 0.05) is 5.41 Å². The van der Waals surface area contributed by atoms with Gasteiger partial charge >= 0.3 is 0 Å². The lowest BCUT2D eigenvalue weighted by atomic mass is 9.64. The molecule has 2 aromatic rings. The van der Waals surface area contributed by atoms with Crippen LogP contribution < -0.4 is 0 Å². The third-order valence-electron chi connectivity index (χ3n) is 9.46. The minimum atomic E-state index is 0.229. The molecule has 3 aliphatic rings. The van der Waals surface area contributed by atoms with Crippen molar-refractivity contribution in [3.8, 4) is 0 Å². The first-order chi connectivity index (χ1) is 15.7. The Morgan fingerprint density at radius 1 is 0.531 bits per heavy atom. The zero-order chi connectivity index (χ0) is 22.0. The zero-order valence-electron chi connectivity index (χ0n) is 20.7. The van der Waals surface area contributed by atoms with Gasteiger partial charge in [-0.1, -0.05) is 94.2 Å². The van der Waals surface area contributed by atoms with Crippen LogP contribution in [0.2, 0.25) is 0 Å².